The Balaban J connectivity index is 2.22. The summed E-state index contributed by atoms with van der Waals surface area (Å²) in [5, 5.41) is 40.2. The van der Waals surface area contributed by atoms with E-state index in [1.165, 1.54) is 205 Å². The van der Waals surface area contributed by atoms with Crippen LogP contribution in [-0.4, -0.2) is 89.0 Å². The van der Waals surface area contributed by atoms with Gasteiger partial charge in [0.1, 0.15) is 31.0 Å². The van der Waals surface area contributed by atoms with Gasteiger partial charge in [0.25, 0.3) is 0 Å². The Kier molecular flexibility index (Phi) is 42.2. The summed E-state index contributed by atoms with van der Waals surface area (Å²) in [4.78, 5) is 25.5. The van der Waals surface area contributed by atoms with Crippen molar-refractivity contribution >= 4 is 11.9 Å². The summed E-state index contributed by atoms with van der Waals surface area (Å²) in [5.74, 6) is -0.783. The van der Waals surface area contributed by atoms with Crippen LogP contribution in [0, 0.1) is 0 Å². The van der Waals surface area contributed by atoms with E-state index in [4.69, 9.17) is 18.9 Å². The first-order valence-electron chi connectivity index (χ1n) is 27.1. The molecule has 0 aromatic heterocycles. The molecule has 10 nitrogen and oxygen atoms in total. The smallest absolute Gasteiger partial charge is 0.306 e. The zero-order chi connectivity index (χ0) is 45.9. The topological polar surface area (TPSA) is 152 Å². The largest absolute Gasteiger partial charge is 0.462 e. The lowest BCUT2D eigenvalue weighted by Gasteiger charge is -2.39. The predicted octanol–water partition coefficient (Wildman–Crippen LogP) is 12.9. The Hall–Kier alpha value is -1.30. The Bertz CT molecular complexity index is 995. The highest BCUT2D eigenvalue weighted by molar-refractivity contribution is 5.70. The van der Waals surface area contributed by atoms with E-state index >= 15 is 0 Å². The van der Waals surface area contributed by atoms with Crippen LogP contribution >= 0.6 is 0 Å². The van der Waals surface area contributed by atoms with E-state index < -0.39 is 49.4 Å². The van der Waals surface area contributed by atoms with Crippen LogP contribution in [0.4, 0.5) is 0 Å². The Morgan fingerprint density at radius 1 is 0.429 bits per heavy atom. The summed E-state index contributed by atoms with van der Waals surface area (Å²) < 4.78 is 22.3. The van der Waals surface area contributed by atoms with Gasteiger partial charge in [-0.05, 0) is 12.8 Å². The van der Waals surface area contributed by atoms with Gasteiger partial charge in [0.05, 0.1) is 13.2 Å². The van der Waals surface area contributed by atoms with Gasteiger partial charge in [-0.3, -0.25) is 9.59 Å². The number of carbonyl (C=O) groups is 2. The van der Waals surface area contributed by atoms with E-state index in [1.807, 2.05) is 0 Å². The number of ether oxygens (including phenoxy) is 4. The molecule has 10 heteroatoms. The second kappa shape index (κ2) is 44.5. The Morgan fingerprint density at radius 2 is 0.746 bits per heavy atom. The van der Waals surface area contributed by atoms with E-state index in [1.54, 1.807) is 0 Å². The predicted molar refractivity (Wildman–Crippen MR) is 257 cm³/mol. The Morgan fingerprint density at radius 3 is 1.08 bits per heavy atom. The zero-order valence-corrected chi connectivity index (χ0v) is 41.1. The minimum Gasteiger partial charge on any atom is -0.462 e. The molecule has 0 unspecified atom stereocenters. The molecule has 0 spiro atoms. The van der Waals surface area contributed by atoms with Crippen molar-refractivity contribution in [2.24, 2.45) is 0 Å². The van der Waals surface area contributed by atoms with Crippen molar-refractivity contribution < 1.29 is 49.0 Å². The lowest BCUT2D eigenvalue weighted by molar-refractivity contribution is -0.305. The summed E-state index contributed by atoms with van der Waals surface area (Å²) in [6, 6.07) is 0. The van der Waals surface area contributed by atoms with E-state index in [0.717, 1.165) is 32.1 Å². The highest BCUT2D eigenvalue weighted by Crippen LogP contribution is 2.23. The van der Waals surface area contributed by atoms with Crippen LogP contribution in [0.25, 0.3) is 0 Å². The van der Waals surface area contributed by atoms with Gasteiger partial charge in [-0.15, -0.1) is 0 Å². The van der Waals surface area contributed by atoms with Gasteiger partial charge in [0, 0.05) is 12.8 Å². The monoisotopic (exact) mass is 899 g/mol. The summed E-state index contributed by atoms with van der Waals surface area (Å²) >= 11 is 0. The molecule has 0 saturated carbocycles. The third-order valence-electron chi connectivity index (χ3n) is 13.0. The van der Waals surface area contributed by atoms with Gasteiger partial charge >= 0.3 is 11.9 Å². The van der Waals surface area contributed by atoms with Crippen molar-refractivity contribution in [1.29, 1.82) is 0 Å². The molecule has 0 bridgehead atoms. The maximum atomic E-state index is 12.8. The Labute approximate surface area is 387 Å². The number of carbonyl (C=O) groups excluding carboxylic acids is 2. The van der Waals surface area contributed by atoms with Gasteiger partial charge < -0.3 is 39.4 Å². The summed E-state index contributed by atoms with van der Waals surface area (Å²) in [6.07, 6.45) is 41.1. The van der Waals surface area contributed by atoms with Crippen molar-refractivity contribution in [3.05, 3.63) is 0 Å². The molecular weight excluding hydrogens is 797 g/mol. The molecule has 63 heavy (non-hydrogen) atoms. The van der Waals surface area contributed by atoms with Crippen LogP contribution < -0.4 is 0 Å². The van der Waals surface area contributed by atoms with Gasteiger partial charge in [-0.1, -0.05) is 245 Å². The van der Waals surface area contributed by atoms with E-state index in [0.29, 0.717) is 6.42 Å². The minimum atomic E-state index is -1.59. The van der Waals surface area contributed by atoms with Crippen LogP contribution in [0.15, 0.2) is 0 Å². The number of hydrogen-bond acceptors (Lipinski definition) is 10. The quantitative estimate of drug-likeness (QED) is 0.0343. The minimum absolute atomic E-state index is 0.208. The molecule has 6 atom stereocenters. The van der Waals surface area contributed by atoms with Crippen molar-refractivity contribution in [1.82, 2.24) is 0 Å². The van der Waals surface area contributed by atoms with E-state index in [-0.39, 0.29) is 32.0 Å². The molecule has 0 amide bonds. The standard InChI is InChI=1S/C53H102O10/c1-3-5-7-9-11-13-15-17-19-21-23-25-27-29-31-33-35-37-39-41-48(55)60-44-46(45-61-53-52(59)51(58)50(57)47(43-54)63-53)62-49(56)42-40-38-36-34-32-30-28-26-24-22-20-18-16-14-12-10-8-6-4-2/h46-47,50-54,57-59H,3-45H2,1-2H3/t46-,47-,50+,51+,52-,53-/m1/s1. The van der Waals surface area contributed by atoms with Crippen molar-refractivity contribution in [2.75, 3.05) is 19.8 Å². The third kappa shape index (κ3) is 35.6. The van der Waals surface area contributed by atoms with E-state index in [9.17, 15) is 30.0 Å². The van der Waals surface area contributed by atoms with Gasteiger partial charge in [-0.25, -0.2) is 0 Å². The lowest BCUT2D eigenvalue weighted by Crippen LogP contribution is -2.59. The maximum Gasteiger partial charge on any atom is 0.306 e. The molecule has 1 saturated heterocycles. The summed E-state index contributed by atoms with van der Waals surface area (Å²) in [6.45, 7) is 3.49. The van der Waals surface area contributed by atoms with Crippen LogP contribution in [0.5, 0.6) is 0 Å². The number of aliphatic hydroxyl groups is 4. The maximum absolute atomic E-state index is 12.8. The van der Waals surface area contributed by atoms with Crippen LogP contribution in [-0.2, 0) is 28.5 Å². The molecule has 0 aliphatic carbocycles. The van der Waals surface area contributed by atoms with Gasteiger partial charge in [0.15, 0.2) is 12.4 Å². The molecule has 4 N–H and O–H groups in total. The molecule has 0 aromatic rings. The molecule has 1 rings (SSSR count). The molecule has 0 aromatic carbocycles. The van der Waals surface area contributed by atoms with Crippen LogP contribution in [0.1, 0.15) is 271 Å². The normalized spacial score (nSPS) is 19.4. The molecule has 1 heterocycles. The van der Waals surface area contributed by atoms with Crippen LogP contribution in [0.3, 0.4) is 0 Å². The SMILES string of the molecule is CCCCCCCCCCCCCCCCCCCCCC(=O)OC[C@H](CO[C@@H]1O[C@H](CO)[C@H](O)[C@H](O)[C@H]1O)OC(=O)CCCCCCCCCCCCCCCCCCCCC. The van der Waals surface area contributed by atoms with Crippen molar-refractivity contribution in [2.45, 2.75) is 307 Å². The first-order chi connectivity index (χ1) is 30.8. The van der Waals surface area contributed by atoms with E-state index in [2.05, 4.69) is 13.8 Å². The number of aliphatic hydroxyl groups excluding tert-OH is 4. The highest BCUT2D eigenvalue weighted by Gasteiger charge is 2.44. The molecule has 0 radical (unpaired) electrons. The average molecular weight is 899 g/mol. The molecular formula is C53H102O10. The summed E-state index contributed by atoms with van der Waals surface area (Å²) in [5.41, 5.74) is 0. The average Bonchev–Trinajstić information content (AvgIpc) is 3.28. The fraction of sp³-hybridized carbons (Fsp3) is 0.962. The number of esters is 2. The number of hydrogen-bond donors (Lipinski definition) is 4. The number of unbranched alkanes of at least 4 members (excludes halogenated alkanes) is 36. The summed E-state index contributed by atoms with van der Waals surface area (Å²) in [7, 11) is 0. The fourth-order valence-corrected chi connectivity index (χ4v) is 8.72. The number of rotatable bonds is 47. The molecule has 1 aliphatic rings. The van der Waals surface area contributed by atoms with Gasteiger partial charge in [-0.2, -0.15) is 0 Å². The highest BCUT2D eigenvalue weighted by atomic mass is 16.7. The van der Waals surface area contributed by atoms with Crippen LogP contribution in [0.2, 0.25) is 0 Å². The third-order valence-corrected chi connectivity index (χ3v) is 13.0. The lowest BCUT2D eigenvalue weighted by atomic mass is 9.99. The zero-order valence-electron chi connectivity index (χ0n) is 41.1. The van der Waals surface area contributed by atoms with Crippen molar-refractivity contribution in [3.8, 4) is 0 Å². The molecule has 1 aliphatic heterocycles. The van der Waals surface area contributed by atoms with Crippen molar-refractivity contribution in [3.63, 3.8) is 0 Å². The first-order valence-corrected chi connectivity index (χ1v) is 27.1. The first kappa shape index (κ1) is 59.7. The molecule has 374 valence electrons. The fourth-order valence-electron chi connectivity index (χ4n) is 8.72. The second-order valence-electron chi connectivity index (χ2n) is 19.1. The molecule has 1 fully saturated rings. The second-order valence-corrected chi connectivity index (χ2v) is 19.1. The van der Waals surface area contributed by atoms with Gasteiger partial charge in [0.2, 0.25) is 0 Å².